The predicted octanol–water partition coefficient (Wildman–Crippen LogP) is 2.72. The second-order valence-corrected chi connectivity index (χ2v) is 10.8. The van der Waals surface area contributed by atoms with Gasteiger partial charge in [-0.25, -0.2) is 0 Å². The summed E-state index contributed by atoms with van der Waals surface area (Å²) in [6.07, 6.45) is 2.02. The quantitative estimate of drug-likeness (QED) is 0.592. The molecule has 3 aliphatic heterocycles. The summed E-state index contributed by atoms with van der Waals surface area (Å²) in [6.45, 7) is 11.0. The number of rotatable bonds is 5. The minimum absolute atomic E-state index is 0.0208. The molecule has 0 aliphatic carbocycles. The van der Waals surface area contributed by atoms with E-state index in [1.807, 2.05) is 25.1 Å². The van der Waals surface area contributed by atoms with Gasteiger partial charge in [-0.1, -0.05) is 0 Å². The van der Waals surface area contributed by atoms with Crippen molar-refractivity contribution in [2.75, 3.05) is 55.6 Å². The van der Waals surface area contributed by atoms with Crippen LogP contribution in [-0.2, 0) is 11.3 Å². The molecule has 2 aromatic heterocycles. The maximum absolute atomic E-state index is 9.49. The first-order valence-corrected chi connectivity index (χ1v) is 12.7. The van der Waals surface area contributed by atoms with Crippen LogP contribution in [-0.4, -0.2) is 78.0 Å². The lowest BCUT2D eigenvalue weighted by molar-refractivity contribution is -0.0809. The van der Waals surface area contributed by atoms with Gasteiger partial charge in [-0.05, 0) is 50.2 Å². The van der Waals surface area contributed by atoms with E-state index in [4.69, 9.17) is 4.74 Å². The van der Waals surface area contributed by atoms with Crippen LogP contribution >= 0.6 is 0 Å². The Hall–Kier alpha value is -3.25. The molecule has 1 N–H and O–H groups in total. The Morgan fingerprint density at radius 1 is 1.14 bits per heavy atom. The smallest absolute Gasteiger partial charge is 0.101 e. The molecule has 5 heterocycles. The van der Waals surface area contributed by atoms with Gasteiger partial charge < -0.3 is 19.6 Å². The maximum atomic E-state index is 9.49. The van der Waals surface area contributed by atoms with Gasteiger partial charge in [0, 0.05) is 79.9 Å². The number of aryl methyl sites for hydroxylation is 1. The zero-order valence-electron chi connectivity index (χ0n) is 20.9. The first-order valence-electron chi connectivity index (χ1n) is 12.7. The molecular formula is C28H32N6O2. The van der Waals surface area contributed by atoms with Crippen molar-refractivity contribution >= 4 is 22.3 Å². The maximum Gasteiger partial charge on any atom is 0.101 e. The van der Waals surface area contributed by atoms with Gasteiger partial charge in [0.25, 0.3) is 0 Å². The van der Waals surface area contributed by atoms with Crippen molar-refractivity contribution in [2.45, 2.75) is 32.7 Å². The molecule has 0 saturated carbocycles. The van der Waals surface area contributed by atoms with E-state index in [9.17, 15) is 10.4 Å². The van der Waals surface area contributed by atoms with Crippen LogP contribution < -0.4 is 9.80 Å². The molecule has 0 radical (unpaired) electrons. The Labute approximate surface area is 211 Å². The van der Waals surface area contributed by atoms with Gasteiger partial charge in [-0.15, -0.1) is 0 Å². The average Bonchev–Trinajstić information content (AvgIpc) is 2.83. The standard InChI is InChI=1S/C28H32N6O2/c1-19-8-23(9-22(14-35)31-19)34-17-28(18-34)15-32(16-28)12-24-13-33(11-20(2)36-24)26-6-5-21(10-29)27-25(26)4-3-7-30-27/h3-9,20,24,35H,11-18H2,1-2H3/t20-,24+/m1/s1. The molecule has 8 nitrogen and oxygen atoms in total. The van der Waals surface area contributed by atoms with Crippen molar-refractivity contribution in [1.29, 1.82) is 5.26 Å². The molecular weight excluding hydrogens is 452 g/mol. The van der Waals surface area contributed by atoms with Crippen LogP contribution in [0.15, 0.2) is 42.6 Å². The number of aliphatic hydroxyl groups is 1. The van der Waals surface area contributed by atoms with Gasteiger partial charge >= 0.3 is 0 Å². The van der Waals surface area contributed by atoms with Crippen LogP contribution in [0, 0.1) is 23.7 Å². The highest BCUT2D eigenvalue weighted by molar-refractivity contribution is 5.95. The number of fused-ring (bicyclic) bond motifs is 1. The van der Waals surface area contributed by atoms with Gasteiger partial charge in [-0.2, -0.15) is 5.26 Å². The number of benzene rings is 1. The van der Waals surface area contributed by atoms with Crippen molar-refractivity contribution in [1.82, 2.24) is 14.9 Å². The number of anilines is 2. The summed E-state index contributed by atoms with van der Waals surface area (Å²) in [7, 11) is 0. The fraction of sp³-hybridized carbons (Fsp3) is 0.464. The van der Waals surface area contributed by atoms with E-state index in [1.165, 1.54) is 5.69 Å². The summed E-state index contributed by atoms with van der Waals surface area (Å²) in [4.78, 5) is 16.2. The van der Waals surface area contributed by atoms with Crippen LogP contribution in [0.4, 0.5) is 11.4 Å². The normalized spacial score (nSPS) is 23.4. The molecule has 0 unspecified atom stereocenters. The SMILES string of the molecule is Cc1cc(N2CC3(CN(C[C@H]4CN(c5ccc(C#N)c6ncccc56)C[C@@H](C)O4)C3)C2)cc(CO)n1. The first kappa shape index (κ1) is 23.2. The lowest BCUT2D eigenvalue weighted by Crippen LogP contribution is -2.73. The van der Waals surface area contributed by atoms with Crippen LogP contribution in [0.2, 0.25) is 0 Å². The van der Waals surface area contributed by atoms with E-state index in [0.717, 1.165) is 73.8 Å². The number of hydrogen-bond donors (Lipinski definition) is 1. The van der Waals surface area contributed by atoms with Crippen molar-refractivity contribution in [3.8, 4) is 6.07 Å². The third-order valence-electron chi connectivity index (χ3n) is 7.68. The number of aliphatic hydroxyl groups excluding tert-OH is 1. The van der Waals surface area contributed by atoms with Gasteiger partial charge in [0.15, 0.2) is 0 Å². The molecule has 1 spiro atoms. The largest absolute Gasteiger partial charge is 0.390 e. The Balaban J connectivity index is 1.08. The van der Waals surface area contributed by atoms with E-state index in [2.05, 4.69) is 55.9 Å². The van der Waals surface area contributed by atoms with Crippen molar-refractivity contribution in [3.05, 3.63) is 59.5 Å². The number of pyridine rings is 2. The second-order valence-electron chi connectivity index (χ2n) is 10.8. The number of ether oxygens (including phenoxy) is 1. The molecule has 3 saturated heterocycles. The molecule has 0 bridgehead atoms. The topological polar surface area (TPSA) is 88.8 Å². The second kappa shape index (κ2) is 9.00. The fourth-order valence-electron chi connectivity index (χ4n) is 6.31. The van der Waals surface area contributed by atoms with Gasteiger partial charge in [0.2, 0.25) is 0 Å². The van der Waals surface area contributed by atoms with Gasteiger partial charge in [-0.3, -0.25) is 14.9 Å². The van der Waals surface area contributed by atoms with Crippen LogP contribution in [0.1, 0.15) is 23.9 Å². The number of aromatic nitrogens is 2. The van der Waals surface area contributed by atoms with E-state index >= 15 is 0 Å². The molecule has 0 amide bonds. The Kier molecular flexibility index (Phi) is 5.79. The van der Waals surface area contributed by atoms with E-state index < -0.39 is 0 Å². The highest BCUT2D eigenvalue weighted by Crippen LogP contribution is 2.42. The zero-order chi connectivity index (χ0) is 24.9. The Morgan fingerprint density at radius 2 is 1.97 bits per heavy atom. The molecule has 8 heteroatoms. The third-order valence-corrected chi connectivity index (χ3v) is 7.68. The molecule has 186 valence electrons. The number of likely N-dealkylation sites (tertiary alicyclic amines) is 1. The first-order chi connectivity index (χ1) is 17.4. The summed E-state index contributed by atoms with van der Waals surface area (Å²) < 4.78 is 6.36. The summed E-state index contributed by atoms with van der Waals surface area (Å²) >= 11 is 0. The summed E-state index contributed by atoms with van der Waals surface area (Å²) in [5, 5.41) is 20.0. The summed E-state index contributed by atoms with van der Waals surface area (Å²) in [6, 6.07) is 14.3. The molecule has 1 aromatic carbocycles. The van der Waals surface area contributed by atoms with Crippen LogP contribution in [0.3, 0.4) is 0 Å². The lowest BCUT2D eigenvalue weighted by atomic mass is 9.72. The summed E-state index contributed by atoms with van der Waals surface area (Å²) in [5.41, 5.74) is 5.73. The monoisotopic (exact) mass is 484 g/mol. The number of hydrogen-bond acceptors (Lipinski definition) is 8. The molecule has 3 aromatic rings. The third kappa shape index (κ3) is 4.17. The van der Waals surface area contributed by atoms with Crippen molar-refractivity contribution in [2.24, 2.45) is 5.41 Å². The zero-order valence-corrected chi connectivity index (χ0v) is 20.9. The number of nitrogens with zero attached hydrogens (tertiary/aromatic N) is 6. The average molecular weight is 485 g/mol. The molecule has 36 heavy (non-hydrogen) atoms. The minimum Gasteiger partial charge on any atom is -0.390 e. The molecule has 3 fully saturated rings. The summed E-state index contributed by atoms with van der Waals surface area (Å²) in [5.74, 6) is 0. The van der Waals surface area contributed by atoms with Crippen molar-refractivity contribution in [3.63, 3.8) is 0 Å². The van der Waals surface area contributed by atoms with Crippen LogP contribution in [0.25, 0.3) is 10.9 Å². The van der Waals surface area contributed by atoms with E-state index in [0.29, 0.717) is 11.0 Å². The van der Waals surface area contributed by atoms with Crippen LogP contribution in [0.5, 0.6) is 0 Å². The minimum atomic E-state index is -0.0208. The highest BCUT2D eigenvalue weighted by Gasteiger charge is 2.52. The Bertz CT molecular complexity index is 1320. The Morgan fingerprint density at radius 3 is 2.75 bits per heavy atom. The van der Waals surface area contributed by atoms with E-state index in [1.54, 1.807) is 6.20 Å². The molecule has 3 aliphatic rings. The van der Waals surface area contributed by atoms with Crippen molar-refractivity contribution < 1.29 is 9.84 Å². The fourth-order valence-corrected chi connectivity index (χ4v) is 6.31. The molecule has 6 rings (SSSR count). The number of morpholine rings is 1. The number of nitriles is 1. The highest BCUT2D eigenvalue weighted by atomic mass is 16.5. The van der Waals surface area contributed by atoms with Gasteiger partial charge in [0.1, 0.15) is 6.07 Å². The van der Waals surface area contributed by atoms with E-state index in [-0.39, 0.29) is 18.8 Å². The lowest BCUT2D eigenvalue weighted by Gasteiger charge is -2.61. The molecule has 2 atom stereocenters. The van der Waals surface area contributed by atoms with Gasteiger partial charge in [0.05, 0.1) is 35.6 Å². The predicted molar refractivity (Wildman–Crippen MR) is 139 cm³/mol.